The average Bonchev–Trinajstić information content (AvgIpc) is 2.94. The van der Waals surface area contributed by atoms with Gasteiger partial charge in [0.1, 0.15) is 0 Å². The molecule has 0 bridgehead atoms. The van der Waals surface area contributed by atoms with Gasteiger partial charge in [-0.2, -0.15) is 5.10 Å². The van der Waals surface area contributed by atoms with E-state index < -0.39 is 0 Å². The minimum absolute atomic E-state index is 0.192. The molecule has 0 aliphatic carbocycles. The van der Waals surface area contributed by atoms with Crippen LogP contribution in [0.3, 0.4) is 0 Å². The molecule has 1 N–H and O–H groups in total. The van der Waals surface area contributed by atoms with Crippen molar-refractivity contribution < 1.29 is 4.79 Å². The highest BCUT2D eigenvalue weighted by Crippen LogP contribution is 2.29. The van der Waals surface area contributed by atoms with Crippen LogP contribution in [0.4, 0.5) is 5.69 Å². The lowest BCUT2D eigenvalue weighted by Crippen LogP contribution is -2.11. The van der Waals surface area contributed by atoms with Gasteiger partial charge in [0.15, 0.2) is 0 Å². The van der Waals surface area contributed by atoms with Crippen molar-refractivity contribution in [3.8, 4) is 11.1 Å². The SMILES string of the molecule is Cn1cc(C(=O)Nc2ccccc2-c2cccc(Cl)c2)cn1. The summed E-state index contributed by atoms with van der Waals surface area (Å²) in [6.45, 7) is 0. The molecular weight excluding hydrogens is 298 g/mol. The fourth-order valence-corrected chi connectivity index (χ4v) is 2.42. The second-order valence-electron chi connectivity index (χ2n) is 4.91. The van der Waals surface area contributed by atoms with Gasteiger partial charge in [-0.15, -0.1) is 0 Å². The van der Waals surface area contributed by atoms with Crippen molar-refractivity contribution in [2.75, 3.05) is 5.32 Å². The molecule has 0 saturated carbocycles. The summed E-state index contributed by atoms with van der Waals surface area (Å²) in [5.74, 6) is -0.192. The van der Waals surface area contributed by atoms with Crippen LogP contribution >= 0.6 is 11.6 Å². The first-order valence-corrected chi connectivity index (χ1v) is 7.16. The van der Waals surface area contributed by atoms with E-state index in [0.717, 1.165) is 16.8 Å². The average molecular weight is 312 g/mol. The lowest BCUT2D eigenvalue weighted by Gasteiger charge is -2.11. The molecule has 4 nitrogen and oxygen atoms in total. The Labute approximate surface area is 133 Å². The molecule has 110 valence electrons. The molecule has 0 aliphatic heterocycles. The van der Waals surface area contributed by atoms with E-state index in [1.165, 1.54) is 6.20 Å². The number of carbonyl (C=O) groups excluding carboxylic acids is 1. The summed E-state index contributed by atoms with van der Waals surface area (Å²) in [5.41, 5.74) is 3.12. The van der Waals surface area contributed by atoms with Crippen molar-refractivity contribution in [1.82, 2.24) is 9.78 Å². The molecule has 3 rings (SSSR count). The molecule has 0 radical (unpaired) electrons. The van der Waals surface area contributed by atoms with E-state index in [1.54, 1.807) is 17.9 Å². The van der Waals surface area contributed by atoms with Crippen LogP contribution in [0.25, 0.3) is 11.1 Å². The lowest BCUT2D eigenvalue weighted by atomic mass is 10.0. The highest BCUT2D eigenvalue weighted by molar-refractivity contribution is 6.30. The summed E-state index contributed by atoms with van der Waals surface area (Å²) in [7, 11) is 1.77. The predicted octanol–water partition coefficient (Wildman–Crippen LogP) is 3.99. The number of carbonyl (C=O) groups is 1. The number of nitrogens with one attached hydrogen (secondary N) is 1. The molecule has 0 saturated heterocycles. The minimum atomic E-state index is -0.192. The maximum absolute atomic E-state index is 12.3. The van der Waals surface area contributed by atoms with E-state index in [2.05, 4.69) is 10.4 Å². The molecule has 1 aromatic heterocycles. The maximum Gasteiger partial charge on any atom is 0.258 e. The summed E-state index contributed by atoms with van der Waals surface area (Å²) in [5, 5.41) is 7.59. The number of aromatic nitrogens is 2. The number of amides is 1. The van der Waals surface area contributed by atoms with Crippen molar-refractivity contribution in [3.05, 3.63) is 71.5 Å². The molecule has 3 aromatic rings. The number of aryl methyl sites for hydroxylation is 1. The number of rotatable bonds is 3. The van der Waals surface area contributed by atoms with E-state index >= 15 is 0 Å². The van der Waals surface area contributed by atoms with Gasteiger partial charge in [-0.25, -0.2) is 0 Å². The molecular formula is C17H14ClN3O. The van der Waals surface area contributed by atoms with E-state index in [0.29, 0.717) is 10.6 Å². The number of benzene rings is 2. The van der Waals surface area contributed by atoms with Crippen LogP contribution in [0, 0.1) is 0 Å². The Bertz CT molecular complexity index is 826. The number of para-hydroxylation sites is 1. The van der Waals surface area contributed by atoms with Crippen LogP contribution < -0.4 is 5.32 Å². The topological polar surface area (TPSA) is 46.9 Å². The van der Waals surface area contributed by atoms with Crippen molar-refractivity contribution in [1.29, 1.82) is 0 Å². The molecule has 2 aromatic carbocycles. The zero-order valence-electron chi connectivity index (χ0n) is 12.0. The maximum atomic E-state index is 12.3. The quantitative estimate of drug-likeness (QED) is 0.795. The minimum Gasteiger partial charge on any atom is -0.321 e. The number of hydrogen-bond acceptors (Lipinski definition) is 2. The highest BCUT2D eigenvalue weighted by atomic mass is 35.5. The molecule has 1 amide bonds. The molecule has 0 spiro atoms. The van der Waals surface area contributed by atoms with Gasteiger partial charge in [-0.05, 0) is 23.8 Å². The van der Waals surface area contributed by atoms with E-state index in [-0.39, 0.29) is 5.91 Å². The number of hydrogen-bond donors (Lipinski definition) is 1. The van der Waals surface area contributed by atoms with Gasteiger partial charge >= 0.3 is 0 Å². The third kappa shape index (κ3) is 3.02. The monoisotopic (exact) mass is 311 g/mol. The van der Waals surface area contributed by atoms with E-state index in [1.807, 2.05) is 48.5 Å². The van der Waals surface area contributed by atoms with Gasteiger partial charge in [0.2, 0.25) is 0 Å². The Morgan fingerprint density at radius 2 is 2.00 bits per heavy atom. The molecule has 1 heterocycles. The first kappa shape index (κ1) is 14.4. The van der Waals surface area contributed by atoms with Crippen molar-refractivity contribution >= 4 is 23.2 Å². The number of halogens is 1. The zero-order valence-corrected chi connectivity index (χ0v) is 12.7. The Kier molecular flexibility index (Phi) is 3.94. The van der Waals surface area contributed by atoms with Crippen molar-refractivity contribution in [2.24, 2.45) is 7.05 Å². The molecule has 0 unspecified atom stereocenters. The van der Waals surface area contributed by atoms with Crippen molar-refractivity contribution in [3.63, 3.8) is 0 Å². The van der Waals surface area contributed by atoms with Gasteiger partial charge in [-0.3, -0.25) is 9.48 Å². The normalized spacial score (nSPS) is 10.5. The fourth-order valence-electron chi connectivity index (χ4n) is 2.23. The van der Waals surface area contributed by atoms with Gasteiger partial charge in [0.25, 0.3) is 5.91 Å². The van der Waals surface area contributed by atoms with Crippen LogP contribution in [0.1, 0.15) is 10.4 Å². The summed E-state index contributed by atoms with van der Waals surface area (Å²) in [6, 6.07) is 15.2. The van der Waals surface area contributed by atoms with Crippen LogP contribution in [0.15, 0.2) is 60.9 Å². The molecule has 5 heteroatoms. The second-order valence-corrected chi connectivity index (χ2v) is 5.35. The van der Waals surface area contributed by atoms with Crippen molar-refractivity contribution in [2.45, 2.75) is 0 Å². The van der Waals surface area contributed by atoms with Crippen LogP contribution in [-0.2, 0) is 7.05 Å². The molecule has 0 atom stereocenters. The van der Waals surface area contributed by atoms with Gasteiger partial charge in [0.05, 0.1) is 11.8 Å². The Balaban J connectivity index is 1.93. The van der Waals surface area contributed by atoms with Crippen LogP contribution in [0.5, 0.6) is 0 Å². The lowest BCUT2D eigenvalue weighted by molar-refractivity contribution is 0.102. The standard InChI is InChI=1S/C17H14ClN3O/c1-21-11-13(10-19-21)17(22)20-16-8-3-2-7-15(16)12-5-4-6-14(18)9-12/h2-11H,1H3,(H,20,22). The number of nitrogens with zero attached hydrogens (tertiary/aromatic N) is 2. The summed E-state index contributed by atoms with van der Waals surface area (Å²) >= 11 is 6.05. The van der Waals surface area contributed by atoms with Gasteiger partial charge < -0.3 is 5.32 Å². The van der Waals surface area contributed by atoms with Crippen LogP contribution in [-0.4, -0.2) is 15.7 Å². The van der Waals surface area contributed by atoms with Crippen LogP contribution in [0.2, 0.25) is 5.02 Å². The third-order valence-electron chi connectivity index (χ3n) is 3.28. The van der Waals surface area contributed by atoms with E-state index in [4.69, 9.17) is 11.6 Å². The van der Waals surface area contributed by atoms with Gasteiger partial charge in [0, 0.05) is 29.5 Å². The predicted molar refractivity (Wildman–Crippen MR) is 88.0 cm³/mol. The Morgan fingerprint density at radius 3 is 2.73 bits per heavy atom. The summed E-state index contributed by atoms with van der Waals surface area (Å²) in [6.07, 6.45) is 3.22. The zero-order chi connectivity index (χ0) is 15.5. The molecule has 22 heavy (non-hydrogen) atoms. The molecule has 0 aliphatic rings. The first-order chi connectivity index (χ1) is 10.6. The van der Waals surface area contributed by atoms with Gasteiger partial charge in [-0.1, -0.05) is 41.9 Å². The number of anilines is 1. The second kappa shape index (κ2) is 6.03. The first-order valence-electron chi connectivity index (χ1n) is 6.78. The smallest absolute Gasteiger partial charge is 0.258 e. The third-order valence-corrected chi connectivity index (χ3v) is 3.51. The highest BCUT2D eigenvalue weighted by Gasteiger charge is 2.11. The summed E-state index contributed by atoms with van der Waals surface area (Å²) in [4.78, 5) is 12.3. The Hall–Kier alpha value is -2.59. The largest absolute Gasteiger partial charge is 0.321 e. The molecule has 0 fully saturated rings. The van der Waals surface area contributed by atoms with E-state index in [9.17, 15) is 4.79 Å². The summed E-state index contributed by atoms with van der Waals surface area (Å²) < 4.78 is 1.60. The Morgan fingerprint density at radius 1 is 1.18 bits per heavy atom. The fraction of sp³-hybridized carbons (Fsp3) is 0.0588.